The molecule has 0 bridgehead atoms. The predicted molar refractivity (Wildman–Crippen MR) is 174 cm³/mol. The van der Waals surface area contributed by atoms with Gasteiger partial charge >= 0.3 is 0 Å². The van der Waals surface area contributed by atoms with Gasteiger partial charge in [-0.1, -0.05) is 27.6 Å². The topological polar surface area (TPSA) is 113 Å². The number of phenolic OH excluding ortho intramolecular Hbond substituents is 1. The number of rotatable bonds is 5. The van der Waals surface area contributed by atoms with Gasteiger partial charge in [0.2, 0.25) is 11.8 Å². The van der Waals surface area contributed by atoms with E-state index in [2.05, 4.69) is 15.9 Å². The number of imide groups is 2. The van der Waals surface area contributed by atoms with E-state index in [-0.39, 0.29) is 41.3 Å². The van der Waals surface area contributed by atoms with E-state index in [1.165, 1.54) is 38.5 Å². The van der Waals surface area contributed by atoms with Crippen LogP contribution in [-0.2, 0) is 19.2 Å². The van der Waals surface area contributed by atoms with Crippen LogP contribution in [0.5, 0.6) is 17.2 Å². The van der Waals surface area contributed by atoms with Gasteiger partial charge in [-0.05, 0) is 67.3 Å². The fourth-order valence-corrected chi connectivity index (χ4v) is 8.91. The van der Waals surface area contributed by atoms with Crippen LogP contribution in [-0.4, -0.2) is 52.7 Å². The SMILES string of the molecule is COc1cc(O)c(C2C3=CCC4C(=O)N(c5ccc(Br)cc5)C(=O)C4C3CC3(Cl)C(=O)N(c4ccc(F)cc4)C(=O)C23Cl)c(OC)c1. The second-order valence-electron chi connectivity index (χ2n) is 12.0. The van der Waals surface area contributed by atoms with Crippen LogP contribution in [0.4, 0.5) is 15.8 Å². The number of nitrogens with zero attached hydrogens (tertiary/aromatic N) is 2. The maximum atomic E-state index is 14.6. The van der Waals surface area contributed by atoms with Gasteiger partial charge < -0.3 is 14.6 Å². The van der Waals surface area contributed by atoms with Crippen LogP contribution in [0.25, 0.3) is 0 Å². The van der Waals surface area contributed by atoms with Crippen LogP contribution in [0.15, 0.2) is 76.8 Å². The molecule has 9 nitrogen and oxygen atoms in total. The number of amides is 4. The van der Waals surface area contributed by atoms with Crippen molar-refractivity contribution in [3.8, 4) is 17.2 Å². The zero-order valence-corrected chi connectivity index (χ0v) is 28.0. The molecule has 4 amide bonds. The Balaban J connectivity index is 1.44. The molecule has 2 aliphatic heterocycles. The average molecular weight is 744 g/mol. The fraction of sp³-hybridized carbons (Fsp3) is 0.294. The van der Waals surface area contributed by atoms with Crippen molar-refractivity contribution in [1.29, 1.82) is 0 Å². The van der Waals surface area contributed by atoms with Crippen molar-refractivity contribution in [2.45, 2.75) is 28.5 Å². The summed E-state index contributed by atoms with van der Waals surface area (Å²) in [7, 11) is 2.76. The van der Waals surface area contributed by atoms with E-state index < -0.39 is 62.9 Å². The molecule has 0 aromatic heterocycles. The number of hydrogen-bond acceptors (Lipinski definition) is 7. The zero-order chi connectivity index (χ0) is 33.6. The van der Waals surface area contributed by atoms with Crippen molar-refractivity contribution >= 4 is 74.1 Å². The van der Waals surface area contributed by atoms with Gasteiger partial charge in [0.25, 0.3) is 11.8 Å². The summed E-state index contributed by atoms with van der Waals surface area (Å²) < 4.78 is 25.6. The largest absolute Gasteiger partial charge is 0.507 e. The van der Waals surface area contributed by atoms with Crippen LogP contribution in [0.1, 0.15) is 24.3 Å². The second-order valence-corrected chi connectivity index (χ2v) is 14.2. The Morgan fingerprint density at radius 1 is 0.872 bits per heavy atom. The number of fused-ring (bicyclic) bond motifs is 4. The number of allylic oxidation sites excluding steroid dienone is 2. The Morgan fingerprint density at radius 3 is 2.15 bits per heavy atom. The minimum absolute atomic E-state index is 0.0453. The van der Waals surface area contributed by atoms with E-state index in [0.29, 0.717) is 11.3 Å². The summed E-state index contributed by atoms with van der Waals surface area (Å²) in [6.07, 6.45) is 1.63. The Bertz CT molecular complexity index is 1910. The highest BCUT2D eigenvalue weighted by atomic mass is 79.9. The van der Waals surface area contributed by atoms with Gasteiger partial charge in [0, 0.05) is 28.1 Å². The molecule has 3 aromatic rings. The van der Waals surface area contributed by atoms with E-state index in [1.54, 1.807) is 30.3 Å². The van der Waals surface area contributed by atoms with Crippen molar-refractivity contribution in [3.05, 3.63) is 88.2 Å². The minimum atomic E-state index is -2.24. The quantitative estimate of drug-likeness (QED) is 0.192. The summed E-state index contributed by atoms with van der Waals surface area (Å²) in [5.74, 6) is -7.06. The van der Waals surface area contributed by atoms with Crippen LogP contribution < -0.4 is 19.3 Å². The van der Waals surface area contributed by atoms with Gasteiger partial charge in [0.15, 0.2) is 9.75 Å². The zero-order valence-electron chi connectivity index (χ0n) is 24.9. The molecule has 242 valence electrons. The number of methoxy groups -OCH3 is 2. The highest BCUT2D eigenvalue weighted by Crippen LogP contribution is 2.67. The number of benzene rings is 3. The van der Waals surface area contributed by atoms with Gasteiger partial charge in [-0.15, -0.1) is 23.2 Å². The Labute approximate surface area is 286 Å². The standard InChI is InChI=1S/C34H26BrCl2FN2O7/c1-46-20-13-24(41)27(25(14-20)47-2)28-21-11-12-22-26(30(43)39(29(22)42)18-7-3-16(35)4-8-18)23(21)15-33(36)31(44)40(32(45)34(28,33)37)19-9-5-17(38)6-10-19/h3-11,13-14,22-23,26,28,41H,12,15H2,1-2H3. The summed E-state index contributed by atoms with van der Waals surface area (Å²) in [6, 6.07) is 14.3. The highest BCUT2D eigenvalue weighted by Gasteiger charge is 2.77. The monoisotopic (exact) mass is 742 g/mol. The number of carbonyl (C=O) groups is 4. The number of halogens is 4. The fourth-order valence-electron chi connectivity index (χ4n) is 7.72. The number of alkyl halides is 2. The van der Waals surface area contributed by atoms with Gasteiger partial charge in [-0.3, -0.25) is 24.1 Å². The molecule has 4 aliphatic rings. The van der Waals surface area contributed by atoms with Crippen LogP contribution in [0.3, 0.4) is 0 Å². The molecule has 2 saturated heterocycles. The maximum absolute atomic E-state index is 14.6. The van der Waals surface area contributed by atoms with Gasteiger partial charge in [-0.25, -0.2) is 9.29 Å². The summed E-state index contributed by atoms with van der Waals surface area (Å²) in [5, 5.41) is 11.5. The van der Waals surface area contributed by atoms with Crippen LogP contribution >= 0.6 is 39.1 Å². The smallest absolute Gasteiger partial charge is 0.258 e. The first-order valence-corrected chi connectivity index (χ1v) is 16.2. The second kappa shape index (κ2) is 11.1. The molecule has 47 heavy (non-hydrogen) atoms. The lowest BCUT2D eigenvalue weighted by Gasteiger charge is -2.50. The third-order valence-corrected chi connectivity index (χ3v) is 11.8. The van der Waals surface area contributed by atoms with E-state index >= 15 is 0 Å². The highest BCUT2D eigenvalue weighted by molar-refractivity contribution is 9.10. The van der Waals surface area contributed by atoms with Crippen molar-refractivity contribution in [3.63, 3.8) is 0 Å². The van der Waals surface area contributed by atoms with Gasteiger partial charge in [-0.2, -0.15) is 0 Å². The number of phenols is 1. The van der Waals surface area contributed by atoms with Crippen molar-refractivity contribution in [2.75, 3.05) is 24.0 Å². The Hall–Kier alpha value is -3.93. The van der Waals surface area contributed by atoms with Gasteiger partial charge in [0.1, 0.15) is 23.1 Å². The number of aromatic hydroxyl groups is 1. The summed E-state index contributed by atoms with van der Waals surface area (Å²) in [5.41, 5.74) is 0.968. The lowest BCUT2D eigenvalue weighted by Crippen LogP contribution is -2.60. The number of anilines is 2. The lowest BCUT2D eigenvalue weighted by atomic mass is 9.56. The molecule has 1 N–H and O–H groups in total. The molecule has 1 saturated carbocycles. The predicted octanol–water partition coefficient (Wildman–Crippen LogP) is 6.08. The summed E-state index contributed by atoms with van der Waals surface area (Å²) in [6.45, 7) is 0. The Morgan fingerprint density at radius 2 is 1.51 bits per heavy atom. The van der Waals surface area contributed by atoms with Gasteiger partial charge in [0.05, 0.1) is 37.4 Å². The van der Waals surface area contributed by atoms with Crippen molar-refractivity contribution in [2.24, 2.45) is 17.8 Å². The van der Waals surface area contributed by atoms with Crippen LogP contribution in [0.2, 0.25) is 0 Å². The molecule has 0 radical (unpaired) electrons. The van der Waals surface area contributed by atoms with Crippen molar-refractivity contribution < 1.29 is 38.1 Å². The summed E-state index contributed by atoms with van der Waals surface area (Å²) in [4.78, 5) is 54.6. The summed E-state index contributed by atoms with van der Waals surface area (Å²) >= 11 is 18.2. The van der Waals surface area contributed by atoms with Crippen LogP contribution in [0, 0.1) is 23.6 Å². The average Bonchev–Trinajstić information content (AvgIpc) is 3.39. The minimum Gasteiger partial charge on any atom is -0.507 e. The third kappa shape index (κ3) is 4.32. The first-order valence-electron chi connectivity index (χ1n) is 14.7. The normalized spacial score (nSPS) is 29.8. The number of carbonyl (C=O) groups excluding carboxylic acids is 4. The van der Waals surface area contributed by atoms with E-state index in [1.807, 2.05) is 0 Å². The molecule has 7 rings (SSSR count). The lowest BCUT2D eigenvalue weighted by molar-refractivity contribution is -0.125. The number of ether oxygens (including phenoxy) is 2. The molecule has 13 heteroatoms. The first kappa shape index (κ1) is 31.7. The first-order chi connectivity index (χ1) is 22.4. The van der Waals surface area contributed by atoms with E-state index in [0.717, 1.165) is 26.4 Å². The van der Waals surface area contributed by atoms with E-state index in [9.17, 15) is 28.7 Å². The molecule has 2 heterocycles. The molecular weight excluding hydrogens is 718 g/mol. The molecule has 3 fully saturated rings. The number of hydrogen-bond donors (Lipinski definition) is 1. The van der Waals surface area contributed by atoms with E-state index in [4.69, 9.17) is 32.7 Å². The molecular formula is C34H26BrCl2FN2O7. The molecule has 6 unspecified atom stereocenters. The third-order valence-electron chi connectivity index (χ3n) is 9.82. The Kier molecular flexibility index (Phi) is 7.46. The molecule has 6 atom stereocenters. The van der Waals surface area contributed by atoms with Crippen molar-refractivity contribution in [1.82, 2.24) is 0 Å². The molecule has 0 spiro atoms. The molecule has 2 aliphatic carbocycles. The molecule has 3 aromatic carbocycles. The maximum Gasteiger partial charge on any atom is 0.258 e.